The Morgan fingerprint density at radius 1 is 1.35 bits per heavy atom. The van der Waals surface area contributed by atoms with Crippen LogP contribution in [0.15, 0.2) is 57.8 Å². The smallest absolute Gasteiger partial charge is 0.276 e. The highest BCUT2D eigenvalue weighted by Crippen LogP contribution is 2.22. The number of H-pyrrole nitrogens is 1. The van der Waals surface area contributed by atoms with E-state index in [2.05, 4.69) is 20.7 Å². The highest BCUT2D eigenvalue weighted by molar-refractivity contribution is 7.98. The minimum Gasteiger partial charge on any atom is -0.276 e. The molecule has 0 atom stereocenters. The molecule has 7 heteroatoms. The van der Waals surface area contributed by atoms with Crippen molar-refractivity contribution in [3.63, 3.8) is 0 Å². The molecule has 2 aromatic heterocycles. The number of thioether (sulfide) groups is 1. The van der Waals surface area contributed by atoms with E-state index in [9.17, 15) is 4.79 Å². The summed E-state index contributed by atoms with van der Waals surface area (Å²) in [5.41, 5.74) is 4.53. The third-order valence-corrected chi connectivity index (χ3v) is 4.74. The topological polar surface area (TPSA) is 70.1 Å². The molecule has 1 amide bonds. The van der Waals surface area contributed by atoms with E-state index in [1.165, 1.54) is 4.90 Å². The lowest BCUT2D eigenvalue weighted by Crippen LogP contribution is -2.17. The number of amides is 1. The first-order valence-corrected chi connectivity index (χ1v) is 8.93. The predicted octanol–water partition coefficient (Wildman–Crippen LogP) is 3.62. The van der Waals surface area contributed by atoms with Crippen LogP contribution in [0, 0.1) is 0 Å². The zero-order chi connectivity index (χ0) is 16.1. The van der Waals surface area contributed by atoms with Crippen molar-refractivity contribution in [2.45, 2.75) is 4.90 Å². The molecular weight excluding hydrogens is 328 g/mol. The number of hydrogen-bond donors (Lipinski definition) is 2. The second-order valence-electron chi connectivity index (χ2n) is 4.62. The van der Waals surface area contributed by atoms with E-state index in [1.807, 2.05) is 48.0 Å². The Kier molecular flexibility index (Phi) is 4.89. The standard InChI is InChI=1S/C16H14N4OS2/c1-22-12-6-4-11(5-7-12)10-17-20-16(21)14-9-13(18-19-14)15-3-2-8-23-15/h2-10H,1H3,(H,18,19)(H,20,21)/b17-10+. The van der Waals surface area contributed by atoms with Gasteiger partial charge in [0.25, 0.3) is 5.91 Å². The number of carbonyl (C=O) groups excluding carboxylic acids is 1. The molecule has 0 aliphatic rings. The molecule has 0 radical (unpaired) electrons. The van der Waals surface area contributed by atoms with Gasteiger partial charge in [0, 0.05) is 4.90 Å². The number of nitrogens with zero attached hydrogens (tertiary/aromatic N) is 2. The van der Waals surface area contributed by atoms with Crippen LogP contribution in [0.3, 0.4) is 0 Å². The molecule has 3 rings (SSSR count). The molecule has 5 nitrogen and oxygen atoms in total. The summed E-state index contributed by atoms with van der Waals surface area (Å²) in [6, 6.07) is 13.5. The van der Waals surface area contributed by atoms with Gasteiger partial charge in [-0.1, -0.05) is 18.2 Å². The number of carbonyl (C=O) groups is 1. The number of nitrogens with one attached hydrogen (secondary N) is 2. The number of hydrogen-bond acceptors (Lipinski definition) is 5. The quantitative estimate of drug-likeness (QED) is 0.423. The lowest BCUT2D eigenvalue weighted by molar-refractivity contribution is 0.0950. The molecule has 0 unspecified atom stereocenters. The first-order valence-electron chi connectivity index (χ1n) is 6.83. The summed E-state index contributed by atoms with van der Waals surface area (Å²) in [6.45, 7) is 0. The van der Waals surface area contributed by atoms with E-state index >= 15 is 0 Å². The SMILES string of the molecule is CSc1ccc(/C=N/NC(=O)c2cc(-c3cccs3)[nH]n2)cc1. The normalized spacial score (nSPS) is 11.0. The second-order valence-corrected chi connectivity index (χ2v) is 6.44. The molecule has 0 aliphatic carbocycles. The van der Waals surface area contributed by atoms with Gasteiger partial charge in [-0.25, -0.2) is 5.43 Å². The van der Waals surface area contributed by atoms with Crippen LogP contribution in [0.25, 0.3) is 10.6 Å². The molecule has 1 aromatic carbocycles. The molecule has 0 spiro atoms. The molecule has 116 valence electrons. The number of aromatic amines is 1. The van der Waals surface area contributed by atoms with Gasteiger partial charge >= 0.3 is 0 Å². The van der Waals surface area contributed by atoms with Crippen molar-refractivity contribution >= 4 is 35.2 Å². The molecule has 0 saturated carbocycles. The van der Waals surface area contributed by atoms with Crippen LogP contribution >= 0.6 is 23.1 Å². The summed E-state index contributed by atoms with van der Waals surface area (Å²) < 4.78 is 0. The van der Waals surface area contributed by atoms with Crippen molar-refractivity contribution in [1.82, 2.24) is 15.6 Å². The second kappa shape index (κ2) is 7.26. The fraction of sp³-hybridized carbons (Fsp3) is 0.0625. The van der Waals surface area contributed by atoms with E-state index in [-0.39, 0.29) is 5.91 Å². The van der Waals surface area contributed by atoms with Crippen molar-refractivity contribution in [1.29, 1.82) is 0 Å². The van der Waals surface area contributed by atoms with Gasteiger partial charge < -0.3 is 0 Å². The van der Waals surface area contributed by atoms with Crippen molar-refractivity contribution in [2.24, 2.45) is 5.10 Å². The summed E-state index contributed by atoms with van der Waals surface area (Å²) >= 11 is 3.26. The Morgan fingerprint density at radius 3 is 2.87 bits per heavy atom. The molecule has 0 aliphatic heterocycles. The van der Waals surface area contributed by atoms with E-state index < -0.39 is 0 Å². The molecule has 3 aromatic rings. The van der Waals surface area contributed by atoms with Gasteiger partial charge in [-0.15, -0.1) is 23.1 Å². The van der Waals surface area contributed by atoms with E-state index in [0.29, 0.717) is 5.69 Å². The van der Waals surface area contributed by atoms with Gasteiger partial charge in [-0.2, -0.15) is 10.2 Å². The molecular formula is C16H14N4OS2. The van der Waals surface area contributed by atoms with E-state index in [0.717, 1.165) is 16.1 Å². The van der Waals surface area contributed by atoms with Gasteiger partial charge in [-0.05, 0) is 41.5 Å². The van der Waals surface area contributed by atoms with Crippen molar-refractivity contribution < 1.29 is 4.79 Å². The summed E-state index contributed by atoms with van der Waals surface area (Å²) in [5.74, 6) is -0.346. The van der Waals surface area contributed by atoms with Crippen molar-refractivity contribution in [2.75, 3.05) is 6.26 Å². The van der Waals surface area contributed by atoms with E-state index in [4.69, 9.17) is 0 Å². The molecule has 0 saturated heterocycles. The molecule has 2 N–H and O–H groups in total. The van der Waals surface area contributed by atoms with Crippen LogP contribution in [-0.4, -0.2) is 28.6 Å². The Balaban J connectivity index is 1.61. The van der Waals surface area contributed by atoms with Crippen molar-refractivity contribution in [3.05, 3.63) is 59.1 Å². The number of benzene rings is 1. The van der Waals surface area contributed by atoms with Gasteiger partial charge in [0.15, 0.2) is 5.69 Å². The largest absolute Gasteiger partial charge is 0.291 e. The monoisotopic (exact) mass is 342 g/mol. The molecule has 0 fully saturated rings. The summed E-state index contributed by atoms with van der Waals surface area (Å²) in [5, 5.41) is 12.8. The number of aromatic nitrogens is 2. The Hall–Kier alpha value is -2.38. The zero-order valence-corrected chi connectivity index (χ0v) is 13.9. The molecule has 2 heterocycles. The number of hydrazone groups is 1. The minimum absolute atomic E-state index is 0.309. The fourth-order valence-electron chi connectivity index (χ4n) is 1.91. The van der Waals surface area contributed by atoms with Gasteiger partial charge in [-0.3, -0.25) is 9.89 Å². The first kappa shape index (κ1) is 15.5. The van der Waals surface area contributed by atoms with Gasteiger partial charge in [0.1, 0.15) is 0 Å². The van der Waals surface area contributed by atoms with Crippen molar-refractivity contribution in [3.8, 4) is 10.6 Å². The maximum Gasteiger partial charge on any atom is 0.291 e. The number of rotatable bonds is 5. The van der Waals surface area contributed by atoms with Crippen LogP contribution < -0.4 is 5.43 Å². The maximum atomic E-state index is 12.0. The van der Waals surface area contributed by atoms with E-state index in [1.54, 1.807) is 35.4 Å². The molecule has 23 heavy (non-hydrogen) atoms. The average Bonchev–Trinajstić information content (AvgIpc) is 3.26. The zero-order valence-electron chi connectivity index (χ0n) is 12.3. The highest BCUT2D eigenvalue weighted by atomic mass is 32.2. The first-order chi connectivity index (χ1) is 11.3. The van der Waals surface area contributed by atoms with Crippen LogP contribution in [-0.2, 0) is 0 Å². The highest BCUT2D eigenvalue weighted by Gasteiger charge is 2.10. The fourth-order valence-corrected chi connectivity index (χ4v) is 3.01. The Bertz CT molecular complexity index is 807. The number of thiophene rings is 1. The Labute approximate surface area is 141 Å². The summed E-state index contributed by atoms with van der Waals surface area (Å²) in [4.78, 5) is 14.2. The third-order valence-electron chi connectivity index (χ3n) is 3.09. The lowest BCUT2D eigenvalue weighted by atomic mass is 10.2. The Morgan fingerprint density at radius 2 is 2.17 bits per heavy atom. The average molecular weight is 342 g/mol. The van der Waals surface area contributed by atoms with Crippen LogP contribution in [0.2, 0.25) is 0 Å². The maximum absolute atomic E-state index is 12.0. The predicted molar refractivity (Wildman–Crippen MR) is 95.2 cm³/mol. The van der Waals surface area contributed by atoms with Crippen LogP contribution in [0.4, 0.5) is 0 Å². The lowest BCUT2D eigenvalue weighted by Gasteiger charge is -1.97. The van der Waals surface area contributed by atoms with Gasteiger partial charge in [0.2, 0.25) is 0 Å². The van der Waals surface area contributed by atoms with Crippen LogP contribution in [0.1, 0.15) is 16.1 Å². The summed E-state index contributed by atoms with van der Waals surface area (Å²) in [7, 11) is 0. The minimum atomic E-state index is -0.346. The van der Waals surface area contributed by atoms with Gasteiger partial charge in [0.05, 0.1) is 16.8 Å². The van der Waals surface area contributed by atoms with Crippen LogP contribution in [0.5, 0.6) is 0 Å². The summed E-state index contributed by atoms with van der Waals surface area (Å²) in [6.07, 6.45) is 3.63. The third kappa shape index (κ3) is 3.88. The molecule has 0 bridgehead atoms.